The predicted octanol–water partition coefficient (Wildman–Crippen LogP) is 4.80. The molecule has 0 saturated carbocycles. The average Bonchev–Trinajstić information content (AvgIpc) is 2.73. The fraction of sp³-hybridized carbons (Fsp3) is 0.333. The van der Waals surface area contributed by atoms with Crippen LogP contribution in [0.25, 0.3) is 6.08 Å². The third-order valence-electron chi connectivity index (χ3n) is 4.18. The summed E-state index contributed by atoms with van der Waals surface area (Å²) in [5.41, 5.74) is 2.51. The molecule has 160 valence electrons. The lowest BCUT2D eigenvalue weighted by atomic mass is 10.0. The third-order valence-corrected chi connectivity index (χ3v) is 4.18. The maximum absolute atomic E-state index is 12.1. The maximum Gasteiger partial charge on any atom is 0.331 e. The van der Waals surface area contributed by atoms with Crippen LogP contribution in [0.5, 0.6) is 11.5 Å². The molecule has 0 atom stereocenters. The zero-order valence-corrected chi connectivity index (χ0v) is 17.9. The van der Waals surface area contributed by atoms with Gasteiger partial charge in [-0.2, -0.15) is 0 Å². The minimum atomic E-state index is -0.603. The molecule has 2 rings (SSSR count). The van der Waals surface area contributed by atoms with E-state index in [2.05, 4.69) is 5.32 Å². The van der Waals surface area contributed by atoms with Crippen LogP contribution < -0.4 is 14.8 Å². The molecule has 0 unspecified atom stereocenters. The van der Waals surface area contributed by atoms with Crippen molar-refractivity contribution in [2.75, 3.05) is 25.1 Å². The minimum Gasteiger partial charge on any atom is -0.490 e. The van der Waals surface area contributed by atoms with Gasteiger partial charge in [-0.25, -0.2) is 4.79 Å². The monoisotopic (exact) mass is 411 g/mol. The molecule has 0 aliphatic heterocycles. The number of hydrogen-bond acceptors (Lipinski definition) is 5. The number of carbonyl (C=O) groups excluding carboxylic acids is 2. The summed E-state index contributed by atoms with van der Waals surface area (Å²) >= 11 is 0. The average molecular weight is 411 g/mol. The highest BCUT2D eigenvalue weighted by Gasteiger charge is 2.11. The van der Waals surface area contributed by atoms with E-state index in [4.69, 9.17) is 14.2 Å². The van der Waals surface area contributed by atoms with Gasteiger partial charge in [-0.05, 0) is 55.2 Å². The summed E-state index contributed by atoms with van der Waals surface area (Å²) in [5.74, 6) is 0.539. The second kappa shape index (κ2) is 11.7. The molecule has 0 radical (unpaired) electrons. The molecule has 1 N–H and O–H groups in total. The quantitative estimate of drug-likeness (QED) is 0.449. The fourth-order valence-electron chi connectivity index (χ4n) is 2.82. The Hall–Kier alpha value is -3.28. The zero-order valence-electron chi connectivity index (χ0n) is 17.9. The van der Waals surface area contributed by atoms with Crippen molar-refractivity contribution in [2.45, 2.75) is 33.6 Å². The lowest BCUT2D eigenvalue weighted by molar-refractivity contribution is -0.142. The first kappa shape index (κ1) is 23.0. The number of para-hydroxylation sites is 1. The van der Waals surface area contributed by atoms with Gasteiger partial charge in [0.2, 0.25) is 0 Å². The van der Waals surface area contributed by atoms with Gasteiger partial charge in [-0.1, -0.05) is 38.1 Å². The Balaban J connectivity index is 1.92. The number of nitrogens with one attached hydrogen (secondary N) is 1. The van der Waals surface area contributed by atoms with Gasteiger partial charge in [0, 0.05) is 11.8 Å². The van der Waals surface area contributed by atoms with Crippen molar-refractivity contribution in [3.8, 4) is 11.5 Å². The molecule has 2 aromatic carbocycles. The summed E-state index contributed by atoms with van der Waals surface area (Å²) < 4.78 is 16.1. The van der Waals surface area contributed by atoms with Crippen molar-refractivity contribution in [2.24, 2.45) is 0 Å². The SMILES string of the molecule is CCOc1ccc(C=CC(=O)OCC(=O)Nc2ccccc2C(C)C)cc1OCC. The van der Waals surface area contributed by atoms with E-state index in [-0.39, 0.29) is 18.4 Å². The standard InChI is InChI=1S/C24H29NO5/c1-5-28-21-13-11-18(15-22(21)29-6-2)12-14-24(27)30-16-23(26)25-20-10-8-7-9-19(20)17(3)4/h7-15,17H,5-6,16H2,1-4H3,(H,25,26). The summed E-state index contributed by atoms with van der Waals surface area (Å²) in [5, 5.41) is 2.79. The van der Waals surface area contributed by atoms with Gasteiger partial charge in [0.05, 0.1) is 13.2 Å². The van der Waals surface area contributed by atoms with Crippen molar-refractivity contribution in [3.05, 3.63) is 59.7 Å². The molecule has 0 aliphatic carbocycles. The molecule has 0 heterocycles. The fourth-order valence-corrected chi connectivity index (χ4v) is 2.82. The minimum absolute atomic E-state index is 0.266. The van der Waals surface area contributed by atoms with Gasteiger partial charge in [-0.3, -0.25) is 4.79 Å². The molecule has 6 heteroatoms. The Labute approximate surface area is 177 Å². The van der Waals surface area contributed by atoms with Crippen molar-refractivity contribution in [3.63, 3.8) is 0 Å². The first-order valence-corrected chi connectivity index (χ1v) is 10.1. The molecular weight excluding hydrogens is 382 g/mol. The van der Waals surface area contributed by atoms with E-state index in [1.165, 1.54) is 6.08 Å². The highest BCUT2D eigenvalue weighted by Crippen LogP contribution is 2.29. The van der Waals surface area contributed by atoms with Crippen LogP contribution in [0.2, 0.25) is 0 Å². The van der Waals surface area contributed by atoms with E-state index in [0.717, 1.165) is 16.8 Å². The van der Waals surface area contributed by atoms with Crippen LogP contribution in [0.4, 0.5) is 5.69 Å². The van der Waals surface area contributed by atoms with Crippen LogP contribution in [-0.4, -0.2) is 31.7 Å². The predicted molar refractivity (Wildman–Crippen MR) is 118 cm³/mol. The number of amides is 1. The van der Waals surface area contributed by atoms with E-state index in [0.29, 0.717) is 24.7 Å². The Morgan fingerprint density at radius 3 is 2.40 bits per heavy atom. The van der Waals surface area contributed by atoms with Gasteiger partial charge in [0.15, 0.2) is 18.1 Å². The van der Waals surface area contributed by atoms with Crippen LogP contribution in [0, 0.1) is 0 Å². The maximum atomic E-state index is 12.1. The summed E-state index contributed by atoms with van der Waals surface area (Å²) in [6, 6.07) is 13.0. The number of hydrogen-bond donors (Lipinski definition) is 1. The first-order chi connectivity index (χ1) is 14.4. The summed E-state index contributed by atoms with van der Waals surface area (Å²) in [6.45, 7) is 8.57. The van der Waals surface area contributed by atoms with Gasteiger partial charge in [0.1, 0.15) is 0 Å². The van der Waals surface area contributed by atoms with Crippen molar-refractivity contribution in [1.82, 2.24) is 0 Å². The molecule has 0 fully saturated rings. The first-order valence-electron chi connectivity index (χ1n) is 10.1. The highest BCUT2D eigenvalue weighted by molar-refractivity contribution is 5.95. The summed E-state index contributed by atoms with van der Waals surface area (Å²) in [4.78, 5) is 24.1. The number of benzene rings is 2. The Kier molecular flexibility index (Phi) is 8.94. The number of esters is 1. The summed E-state index contributed by atoms with van der Waals surface area (Å²) in [7, 11) is 0. The molecule has 0 aromatic heterocycles. The van der Waals surface area contributed by atoms with Crippen LogP contribution >= 0.6 is 0 Å². The van der Waals surface area contributed by atoms with Gasteiger partial charge < -0.3 is 19.5 Å². The zero-order chi connectivity index (χ0) is 21.9. The molecule has 2 aromatic rings. The molecule has 0 saturated heterocycles. The highest BCUT2D eigenvalue weighted by atomic mass is 16.5. The molecule has 0 aliphatic rings. The van der Waals surface area contributed by atoms with E-state index >= 15 is 0 Å². The Morgan fingerprint density at radius 2 is 1.70 bits per heavy atom. The number of carbonyl (C=O) groups is 2. The molecule has 30 heavy (non-hydrogen) atoms. The van der Waals surface area contributed by atoms with Gasteiger partial charge >= 0.3 is 5.97 Å². The lowest BCUT2D eigenvalue weighted by Crippen LogP contribution is -2.21. The van der Waals surface area contributed by atoms with E-state index in [1.807, 2.05) is 58.0 Å². The molecule has 0 spiro atoms. The third kappa shape index (κ3) is 6.95. The lowest BCUT2D eigenvalue weighted by Gasteiger charge is -2.13. The smallest absolute Gasteiger partial charge is 0.331 e. The number of ether oxygens (including phenoxy) is 3. The van der Waals surface area contributed by atoms with Gasteiger partial charge in [0.25, 0.3) is 5.91 Å². The van der Waals surface area contributed by atoms with Crippen LogP contribution in [-0.2, 0) is 14.3 Å². The normalized spacial score (nSPS) is 10.8. The molecule has 0 bridgehead atoms. The van der Waals surface area contributed by atoms with Crippen molar-refractivity contribution < 1.29 is 23.8 Å². The van der Waals surface area contributed by atoms with Gasteiger partial charge in [-0.15, -0.1) is 0 Å². The van der Waals surface area contributed by atoms with Crippen molar-refractivity contribution >= 4 is 23.6 Å². The van der Waals surface area contributed by atoms with E-state index in [9.17, 15) is 9.59 Å². The summed E-state index contributed by atoms with van der Waals surface area (Å²) in [6.07, 6.45) is 2.88. The van der Waals surface area contributed by atoms with E-state index in [1.54, 1.807) is 18.2 Å². The Bertz CT molecular complexity index is 889. The van der Waals surface area contributed by atoms with Crippen molar-refractivity contribution in [1.29, 1.82) is 0 Å². The Morgan fingerprint density at radius 1 is 1.00 bits per heavy atom. The second-order valence-electron chi connectivity index (χ2n) is 6.80. The number of rotatable bonds is 10. The molecular formula is C24H29NO5. The van der Waals surface area contributed by atoms with Crippen LogP contribution in [0.15, 0.2) is 48.5 Å². The van der Waals surface area contributed by atoms with Crippen LogP contribution in [0.1, 0.15) is 44.7 Å². The van der Waals surface area contributed by atoms with E-state index < -0.39 is 5.97 Å². The molecule has 6 nitrogen and oxygen atoms in total. The topological polar surface area (TPSA) is 73.9 Å². The number of anilines is 1. The molecule has 1 amide bonds. The second-order valence-corrected chi connectivity index (χ2v) is 6.80. The van der Waals surface area contributed by atoms with Crippen LogP contribution in [0.3, 0.4) is 0 Å². The largest absolute Gasteiger partial charge is 0.490 e.